The zero-order valence-electron chi connectivity index (χ0n) is 11.0. The third-order valence-corrected chi connectivity index (χ3v) is 3.43. The van der Waals surface area contributed by atoms with Crippen molar-refractivity contribution in [2.75, 3.05) is 13.6 Å². The Hall–Kier alpha value is -0.0400. The first kappa shape index (κ1) is 14.0. The molecule has 1 aliphatic heterocycles. The smallest absolute Gasteiger partial charge is 0.00898 e. The van der Waals surface area contributed by atoms with Gasteiger partial charge in [-0.05, 0) is 38.1 Å². The van der Waals surface area contributed by atoms with Crippen molar-refractivity contribution in [2.45, 2.75) is 59.9 Å². The summed E-state index contributed by atoms with van der Waals surface area (Å²) >= 11 is 0. The molecular weight excluding hydrogens is 170 g/mol. The van der Waals surface area contributed by atoms with Crippen LogP contribution in [0.3, 0.4) is 0 Å². The third-order valence-electron chi connectivity index (χ3n) is 3.43. The molecule has 1 heteroatoms. The van der Waals surface area contributed by atoms with Gasteiger partial charge in [0.15, 0.2) is 0 Å². The highest BCUT2D eigenvalue weighted by Gasteiger charge is 2.25. The number of rotatable bonds is 2. The molecule has 86 valence electrons. The first-order valence-corrected chi connectivity index (χ1v) is 6.35. The lowest BCUT2D eigenvalue weighted by molar-refractivity contribution is 0.111. The van der Waals surface area contributed by atoms with E-state index in [2.05, 4.69) is 32.7 Å². The van der Waals surface area contributed by atoms with Crippen LogP contribution >= 0.6 is 0 Å². The van der Waals surface area contributed by atoms with Crippen LogP contribution in [0.5, 0.6) is 0 Å². The molecule has 0 aromatic rings. The van der Waals surface area contributed by atoms with Gasteiger partial charge in [0, 0.05) is 12.6 Å². The Morgan fingerprint density at radius 2 is 1.79 bits per heavy atom. The number of hydrogen-bond donors (Lipinski definition) is 0. The van der Waals surface area contributed by atoms with Crippen LogP contribution in [0.2, 0.25) is 0 Å². The fourth-order valence-corrected chi connectivity index (χ4v) is 2.30. The molecule has 1 aliphatic rings. The summed E-state index contributed by atoms with van der Waals surface area (Å²) in [6.45, 7) is 12.3. The summed E-state index contributed by atoms with van der Waals surface area (Å²) in [5, 5.41) is 0. The molecular formula is C13H29N. The van der Waals surface area contributed by atoms with Crippen LogP contribution in [-0.2, 0) is 0 Å². The van der Waals surface area contributed by atoms with Gasteiger partial charge in [-0.1, -0.05) is 34.6 Å². The Kier molecular flexibility index (Phi) is 7.26. The maximum atomic E-state index is 2.55. The summed E-state index contributed by atoms with van der Waals surface area (Å²) in [6.07, 6.45) is 4.18. The molecule has 0 N–H and O–H groups in total. The number of piperidine rings is 1. The molecule has 1 heterocycles. The monoisotopic (exact) mass is 199 g/mol. The van der Waals surface area contributed by atoms with Gasteiger partial charge in [0.05, 0.1) is 0 Å². The molecule has 0 aliphatic carbocycles. The predicted octanol–water partition coefficient (Wildman–Crippen LogP) is 3.79. The predicted molar refractivity (Wildman–Crippen MR) is 65.6 cm³/mol. The van der Waals surface area contributed by atoms with Crippen molar-refractivity contribution in [3.05, 3.63) is 0 Å². The van der Waals surface area contributed by atoms with E-state index in [1.54, 1.807) is 0 Å². The topological polar surface area (TPSA) is 3.24 Å². The lowest BCUT2D eigenvalue weighted by Gasteiger charge is -2.38. The summed E-state index contributed by atoms with van der Waals surface area (Å²) in [4.78, 5) is 2.55. The molecule has 14 heavy (non-hydrogen) atoms. The fourth-order valence-electron chi connectivity index (χ4n) is 2.30. The van der Waals surface area contributed by atoms with E-state index in [1.165, 1.54) is 25.8 Å². The molecule has 1 rings (SSSR count). The standard InChI is InChI=1S/C11H23N.C2H6/c1-5-11-7-6-10(9(2)3)8-12(11)4;1-2/h9-11H,5-8H2,1-4H3;1-2H3. The quantitative estimate of drug-likeness (QED) is 0.654. The van der Waals surface area contributed by atoms with Crippen molar-refractivity contribution in [1.82, 2.24) is 4.90 Å². The minimum atomic E-state index is 0.861. The molecule has 0 radical (unpaired) electrons. The van der Waals surface area contributed by atoms with Crippen molar-refractivity contribution >= 4 is 0 Å². The third kappa shape index (κ3) is 4.00. The Bertz CT molecular complexity index is 131. The molecule has 1 saturated heterocycles. The summed E-state index contributed by atoms with van der Waals surface area (Å²) in [5.74, 6) is 1.81. The number of hydrogen-bond acceptors (Lipinski definition) is 1. The lowest BCUT2D eigenvalue weighted by Crippen LogP contribution is -2.41. The van der Waals surface area contributed by atoms with E-state index in [-0.39, 0.29) is 0 Å². The normalized spacial score (nSPS) is 28.5. The minimum absolute atomic E-state index is 0.861. The molecule has 0 bridgehead atoms. The second-order valence-corrected chi connectivity index (χ2v) is 4.58. The van der Waals surface area contributed by atoms with Crippen molar-refractivity contribution in [3.63, 3.8) is 0 Å². The van der Waals surface area contributed by atoms with E-state index in [4.69, 9.17) is 0 Å². The molecule has 1 nitrogen and oxygen atoms in total. The summed E-state index contributed by atoms with van der Waals surface area (Å²) in [5.41, 5.74) is 0. The van der Waals surface area contributed by atoms with E-state index >= 15 is 0 Å². The van der Waals surface area contributed by atoms with Gasteiger partial charge in [-0.25, -0.2) is 0 Å². The van der Waals surface area contributed by atoms with Gasteiger partial charge in [-0.15, -0.1) is 0 Å². The van der Waals surface area contributed by atoms with Gasteiger partial charge >= 0.3 is 0 Å². The SMILES string of the molecule is CC.CCC1CCC(C(C)C)CN1C. The highest BCUT2D eigenvalue weighted by molar-refractivity contribution is 4.79. The summed E-state index contributed by atoms with van der Waals surface area (Å²) in [6, 6.07) is 0.861. The Labute approximate surface area is 90.9 Å². The van der Waals surface area contributed by atoms with Gasteiger partial charge in [0.1, 0.15) is 0 Å². The first-order chi connectivity index (χ1) is 6.65. The Morgan fingerprint density at radius 1 is 1.21 bits per heavy atom. The van der Waals surface area contributed by atoms with E-state index < -0.39 is 0 Å². The minimum Gasteiger partial charge on any atom is -0.303 e. The first-order valence-electron chi connectivity index (χ1n) is 6.35. The molecule has 0 aromatic heterocycles. The lowest BCUT2D eigenvalue weighted by atomic mass is 9.85. The van der Waals surface area contributed by atoms with E-state index in [0.717, 1.165) is 17.9 Å². The van der Waals surface area contributed by atoms with Crippen LogP contribution in [0.25, 0.3) is 0 Å². The molecule has 0 saturated carbocycles. The van der Waals surface area contributed by atoms with Gasteiger partial charge in [0.25, 0.3) is 0 Å². The van der Waals surface area contributed by atoms with Crippen molar-refractivity contribution in [2.24, 2.45) is 11.8 Å². The number of nitrogens with zero attached hydrogens (tertiary/aromatic N) is 1. The van der Waals surface area contributed by atoms with Crippen molar-refractivity contribution in [3.8, 4) is 0 Å². The maximum Gasteiger partial charge on any atom is 0.00898 e. The van der Waals surface area contributed by atoms with E-state index in [1.807, 2.05) is 13.8 Å². The second kappa shape index (κ2) is 7.28. The van der Waals surface area contributed by atoms with Gasteiger partial charge < -0.3 is 4.90 Å². The summed E-state index contributed by atoms with van der Waals surface area (Å²) < 4.78 is 0. The zero-order valence-corrected chi connectivity index (χ0v) is 11.0. The van der Waals surface area contributed by atoms with Crippen LogP contribution in [0.15, 0.2) is 0 Å². The second-order valence-electron chi connectivity index (χ2n) is 4.58. The molecule has 0 aromatic carbocycles. The molecule has 2 unspecified atom stereocenters. The van der Waals surface area contributed by atoms with E-state index in [9.17, 15) is 0 Å². The van der Waals surface area contributed by atoms with Crippen molar-refractivity contribution < 1.29 is 0 Å². The van der Waals surface area contributed by atoms with E-state index in [0.29, 0.717) is 0 Å². The average molecular weight is 199 g/mol. The van der Waals surface area contributed by atoms with Crippen molar-refractivity contribution in [1.29, 1.82) is 0 Å². The van der Waals surface area contributed by atoms with Crippen LogP contribution < -0.4 is 0 Å². The van der Waals surface area contributed by atoms with Gasteiger partial charge in [-0.2, -0.15) is 0 Å². The zero-order chi connectivity index (χ0) is 11.1. The molecule has 0 spiro atoms. The van der Waals surface area contributed by atoms with Crippen LogP contribution in [0.4, 0.5) is 0 Å². The molecule has 0 amide bonds. The van der Waals surface area contributed by atoms with Crippen LogP contribution in [0.1, 0.15) is 53.9 Å². The highest BCUT2D eigenvalue weighted by atomic mass is 15.1. The largest absolute Gasteiger partial charge is 0.303 e. The van der Waals surface area contributed by atoms with Gasteiger partial charge in [-0.3, -0.25) is 0 Å². The maximum absolute atomic E-state index is 2.55. The Morgan fingerprint density at radius 3 is 2.14 bits per heavy atom. The van der Waals surface area contributed by atoms with Crippen LogP contribution in [0, 0.1) is 11.8 Å². The highest BCUT2D eigenvalue weighted by Crippen LogP contribution is 2.27. The number of likely N-dealkylation sites (tertiary alicyclic amines) is 1. The summed E-state index contributed by atoms with van der Waals surface area (Å²) in [7, 11) is 2.28. The van der Waals surface area contributed by atoms with Gasteiger partial charge in [0.2, 0.25) is 0 Å². The molecule has 2 atom stereocenters. The average Bonchev–Trinajstić information content (AvgIpc) is 2.20. The Balaban J connectivity index is 0.000000791. The fraction of sp³-hybridized carbons (Fsp3) is 1.00. The van der Waals surface area contributed by atoms with Crippen LogP contribution in [-0.4, -0.2) is 24.5 Å². The molecule has 1 fully saturated rings.